The molecule has 0 bridgehead atoms. The van der Waals surface area contributed by atoms with Crippen molar-refractivity contribution in [2.24, 2.45) is 0 Å². The molecular weight excluding hydrogens is 380 g/mol. The maximum Gasteiger partial charge on any atom is 0.262 e. The predicted octanol–water partition coefficient (Wildman–Crippen LogP) is 3.13. The maximum atomic E-state index is 12.5. The largest absolute Gasteiger partial charge is 0.497 e. The Morgan fingerprint density at radius 2 is 1.64 bits per heavy atom. The van der Waals surface area contributed by atoms with Crippen LogP contribution >= 0.6 is 0 Å². The van der Waals surface area contributed by atoms with Gasteiger partial charge >= 0.3 is 0 Å². The van der Waals surface area contributed by atoms with E-state index in [1.165, 1.54) is 16.4 Å². The van der Waals surface area contributed by atoms with Gasteiger partial charge in [-0.25, -0.2) is 12.7 Å². The van der Waals surface area contributed by atoms with Crippen molar-refractivity contribution in [1.29, 1.82) is 0 Å². The second-order valence-electron chi connectivity index (χ2n) is 6.22. The first kappa shape index (κ1) is 21.7. The van der Waals surface area contributed by atoms with Crippen molar-refractivity contribution in [3.63, 3.8) is 0 Å². The van der Waals surface area contributed by atoms with Crippen LogP contribution in [0.2, 0.25) is 0 Å². The van der Waals surface area contributed by atoms with Gasteiger partial charge in [-0.05, 0) is 55.0 Å². The van der Waals surface area contributed by atoms with Gasteiger partial charge in [-0.15, -0.1) is 0 Å². The molecule has 2 aromatic carbocycles. The maximum absolute atomic E-state index is 12.5. The van der Waals surface area contributed by atoms with Gasteiger partial charge < -0.3 is 14.8 Å². The van der Waals surface area contributed by atoms with Crippen molar-refractivity contribution in [3.05, 3.63) is 48.5 Å². The van der Waals surface area contributed by atoms with Gasteiger partial charge in [0.2, 0.25) is 10.0 Å². The molecule has 0 radical (unpaired) electrons. The van der Waals surface area contributed by atoms with Gasteiger partial charge in [-0.2, -0.15) is 0 Å². The highest BCUT2D eigenvalue weighted by molar-refractivity contribution is 7.89. The number of rotatable bonds is 10. The molecule has 0 saturated heterocycles. The van der Waals surface area contributed by atoms with Crippen LogP contribution in [0.15, 0.2) is 53.4 Å². The molecule has 0 unspecified atom stereocenters. The second-order valence-corrected chi connectivity index (χ2v) is 8.26. The smallest absolute Gasteiger partial charge is 0.262 e. The summed E-state index contributed by atoms with van der Waals surface area (Å²) in [6.07, 6.45) is 1.72. The van der Waals surface area contributed by atoms with E-state index >= 15 is 0 Å². The Morgan fingerprint density at radius 1 is 1.04 bits per heavy atom. The molecule has 0 aliphatic carbocycles. The molecule has 28 heavy (non-hydrogen) atoms. The van der Waals surface area contributed by atoms with E-state index in [9.17, 15) is 13.2 Å². The number of benzene rings is 2. The molecule has 2 rings (SSSR count). The molecular formula is C20H26N2O5S. The van der Waals surface area contributed by atoms with E-state index in [1.54, 1.807) is 50.6 Å². The molecule has 7 nitrogen and oxygen atoms in total. The molecule has 0 aliphatic rings. The van der Waals surface area contributed by atoms with Crippen LogP contribution in [-0.2, 0) is 14.8 Å². The van der Waals surface area contributed by atoms with E-state index in [0.29, 0.717) is 23.7 Å². The number of nitrogens with one attached hydrogen (secondary N) is 1. The standard InChI is InChI=1S/C20H26N2O5S/c1-4-5-14-22(2)28(24,25)19-12-6-16(7-13-19)21-20(23)15-27-18-10-8-17(26-3)9-11-18/h6-13H,4-5,14-15H2,1-3H3,(H,21,23). The Morgan fingerprint density at radius 3 is 2.21 bits per heavy atom. The van der Waals surface area contributed by atoms with E-state index in [1.807, 2.05) is 6.92 Å². The van der Waals surface area contributed by atoms with E-state index in [0.717, 1.165) is 12.8 Å². The van der Waals surface area contributed by atoms with Crippen LogP contribution in [0.3, 0.4) is 0 Å². The molecule has 0 spiro atoms. The molecule has 152 valence electrons. The number of anilines is 1. The van der Waals surface area contributed by atoms with Crippen LogP contribution in [0.1, 0.15) is 19.8 Å². The zero-order valence-electron chi connectivity index (χ0n) is 16.3. The first-order valence-electron chi connectivity index (χ1n) is 9.00. The van der Waals surface area contributed by atoms with Crippen molar-refractivity contribution in [1.82, 2.24) is 4.31 Å². The summed E-state index contributed by atoms with van der Waals surface area (Å²) in [6.45, 7) is 2.32. The van der Waals surface area contributed by atoms with Gasteiger partial charge in [0.15, 0.2) is 6.61 Å². The van der Waals surface area contributed by atoms with Gasteiger partial charge in [0.25, 0.3) is 5.91 Å². The summed E-state index contributed by atoms with van der Waals surface area (Å²) in [5.74, 6) is 0.908. The fourth-order valence-electron chi connectivity index (χ4n) is 2.41. The molecule has 0 heterocycles. The topological polar surface area (TPSA) is 84.9 Å². The fourth-order valence-corrected chi connectivity index (χ4v) is 3.62. The van der Waals surface area contributed by atoms with Crippen LogP contribution in [0.25, 0.3) is 0 Å². The summed E-state index contributed by atoms with van der Waals surface area (Å²) in [4.78, 5) is 12.2. The number of unbranched alkanes of at least 4 members (excludes halogenated alkanes) is 1. The number of nitrogens with zero attached hydrogens (tertiary/aromatic N) is 1. The zero-order chi connectivity index (χ0) is 20.6. The van der Waals surface area contributed by atoms with Crippen LogP contribution < -0.4 is 14.8 Å². The highest BCUT2D eigenvalue weighted by atomic mass is 32.2. The minimum atomic E-state index is -3.52. The molecule has 0 saturated carbocycles. The molecule has 1 N–H and O–H groups in total. The first-order valence-corrected chi connectivity index (χ1v) is 10.4. The molecule has 0 atom stereocenters. The van der Waals surface area contributed by atoms with E-state index < -0.39 is 10.0 Å². The molecule has 0 aromatic heterocycles. The number of hydrogen-bond donors (Lipinski definition) is 1. The second kappa shape index (κ2) is 10.1. The first-order chi connectivity index (χ1) is 13.4. The number of sulfonamides is 1. The minimum absolute atomic E-state index is 0.161. The Balaban J connectivity index is 1.91. The van der Waals surface area contributed by atoms with Gasteiger partial charge in [-0.1, -0.05) is 13.3 Å². The highest BCUT2D eigenvalue weighted by Crippen LogP contribution is 2.19. The Labute approximate surface area is 166 Å². The summed E-state index contributed by atoms with van der Waals surface area (Å²) in [5.41, 5.74) is 0.499. The number of ether oxygens (including phenoxy) is 2. The van der Waals surface area contributed by atoms with Gasteiger partial charge in [0.1, 0.15) is 11.5 Å². The number of hydrogen-bond acceptors (Lipinski definition) is 5. The lowest BCUT2D eigenvalue weighted by atomic mass is 10.3. The number of carbonyl (C=O) groups is 1. The Bertz CT molecular complexity index is 864. The van der Waals surface area contributed by atoms with Crippen molar-refractivity contribution in [3.8, 4) is 11.5 Å². The van der Waals surface area contributed by atoms with Crippen LogP contribution in [0.4, 0.5) is 5.69 Å². The Kier molecular flexibility index (Phi) is 7.83. The van der Waals surface area contributed by atoms with Crippen LogP contribution in [0, 0.1) is 0 Å². The predicted molar refractivity (Wildman–Crippen MR) is 108 cm³/mol. The normalized spacial score (nSPS) is 11.3. The van der Waals surface area contributed by atoms with Crippen molar-refractivity contribution >= 4 is 21.6 Å². The fraction of sp³-hybridized carbons (Fsp3) is 0.350. The average molecular weight is 407 g/mol. The lowest BCUT2D eigenvalue weighted by Gasteiger charge is -2.17. The monoisotopic (exact) mass is 406 g/mol. The third-order valence-corrected chi connectivity index (χ3v) is 5.97. The summed E-state index contributed by atoms with van der Waals surface area (Å²) < 4.78 is 36.8. The van der Waals surface area contributed by atoms with E-state index in [-0.39, 0.29) is 17.4 Å². The zero-order valence-corrected chi connectivity index (χ0v) is 17.2. The summed E-state index contributed by atoms with van der Waals surface area (Å²) in [7, 11) is -0.384. The third-order valence-electron chi connectivity index (χ3n) is 4.10. The third kappa shape index (κ3) is 5.97. The van der Waals surface area contributed by atoms with Gasteiger partial charge in [0, 0.05) is 19.3 Å². The average Bonchev–Trinajstić information content (AvgIpc) is 2.71. The molecule has 8 heteroatoms. The number of carbonyl (C=O) groups excluding carboxylic acids is 1. The van der Waals surface area contributed by atoms with Crippen LogP contribution in [0.5, 0.6) is 11.5 Å². The number of amides is 1. The Hall–Kier alpha value is -2.58. The van der Waals surface area contributed by atoms with Gasteiger partial charge in [0.05, 0.1) is 12.0 Å². The number of methoxy groups -OCH3 is 1. The van der Waals surface area contributed by atoms with Crippen molar-refractivity contribution < 1.29 is 22.7 Å². The van der Waals surface area contributed by atoms with Crippen molar-refractivity contribution in [2.75, 3.05) is 32.6 Å². The molecule has 0 fully saturated rings. The van der Waals surface area contributed by atoms with Gasteiger partial charge in [-0.3, -0.25) is 4.79 Å². The van der Waals surface area contributed by atoms with E-state index in [2.05, 4.69) is 5.32 Å². The quantitative estimate of drug-likeness (QED) is 0.655. The molecule has 2 aromatic rings. The minimum Gasteiger partial charge on any atom is -0.497 e. The molecule has 1 amide bonds. The molecule has 0 aliphatic heterocycles. The lowest BCUT2D eigenvalue weighted by Crippen LogP contribution is -2.28. The van der Waals surface area contributed by atoms with Crippen LogP contribution in [-0.4, -0.2) is 45.9 Å². The van der Waals surface area contributed by atoms with Crippen molar-refractivity contribution in [2.45, 2.75) is 24.7 Å². The van der Waals surface area contributed by atoms with E-state index in [4.69, 9.17) is 9.47 Å². The summed E-state index contributed by atoms with van der Waals surface area (Å²) in [6, 6.07) is 13.0. The highest BCUT2D eigenvalue weighted by Gasteiger charge is 2.20. The SMILES string of the molecule is CCCCN(C)S(=O)(=O)c1ccc(NC(=O)COc2ccc(OC)cc2)cc1. The summed E-state index contributed by atoms with van der Waals surface area (Å²) in [5, 5.41) is 2.68. The summed E-state index contributed by atoms with van der Waals surface area (Å²) >= 11 is 0. The lowest BCUT2D eigenvalue weighted by molar-refractivity contribution is -0.118.